The summed E-state index contributed by atoms with van der Waals surface area (Å²) in [4.78, 5) is 19.4. The second-order valence-corrected chi connectivity index (χ2v) is 17.7. The van der Waals surface area contributed by atoms with Crippen LogP contribution in [0.15, 0.2) is 83.7 Å². The molecule has 1 atom stereocenters. The highest BCUT2D eigenvalue weighted by atomic mass is 28.4. The van der Waals surface area contributed by atoms with Crippen LogP contribution in [-0.2, 0) is 23.8 Å². The Kier molecular flexibility index (Phi) is 10.2. The first-order valence-corrected chi connectivity index (χ1v) is 18.3. The van der Waals surface area contributed by atoms with E-state index in [0.717, 1.165) is 58.6 Å². The summed E-state index contributed by atoms with van der Waals surface area (Å²) in [6, 6.07) is 28.4. The maximum absolute atomic E-state index is 14.3. The molecule has 6 heteroatoms. The average molecular weight is 592 g/mol. The van der Waals surface area contributed by atoms with Crippen molar-refractivity contribution in [1.29, 1.82) is 5.26 Å². The van der Waals surface area contributed by atoms with Gasteiger partial charge in [0.1, 0.15) is 5.82 Å². The van der Waals surface area contributed by atoms with E-state index >= 15 is 0 Å². The Morgan fingerprint density at radius 1 is 0.977 bits per heavy atom. The number of hydrogen-bond acceptors (Lipinski definition) is 4. The van der Waals surface area contributed by atoms with Crippen molar-refractivity contribution in [3.05, 3.63) is 123 Å². The quantitative estimate of drug-likeness (QED) is 0.164. The molecule has 3 aromatic carbocycles. The molecular weight excluding hydrogens is 547 g/mol. The molecule has 0 saturated carbocycles. The summed E-state index contributed by atoms with van der Waals surface area (Å²) in [5.41, 5.74) is 6.32. The van der Waals surface area contributed by atoms with E-state index in [1.165, 1.54) is 0 Å². The first kappa shape index (κ1) is 32.1. The fraction of sp³-hybridized carbons (Fsp3) is 0.378. The predicted molar refractivity (Wildman–Crippen MR) is 179 cm³/mol. The normalized spacial score (nSPS) is 12.6. The van der Waals surface area contributed by atoms with Crippen molar-refractivity contribution in [3.8, 4) is 17.2 Å². The number of benzene rings is 3. The summed E-state index contributed by atoms with van der Waals surface area (Å²) < 4.78 is 8.78. The zero-order valence-corrected chi connectivity index (χ0v) is 27.8. The van der Waals surface area contributed by atoms with Crippen LogP contribution in [0.25, 0.3) is 11.1 Å². The number of aromatic nitrogens is 2. The highest BCUT2D eigenvalue weighted by Crippen LogP contribution is 2.40. The molecule has 0 saturated heterocycles. The summed E-state index contributed by atoms with van der Waals surface area (Å²) >= 11 is 0. The molecule has 0 aliphatic carbocycles. The van der Waals surface area contributed by atoms with Crippen LogP contribution in [0, 0.1) is 18.3 Å². The highest BCUT2D eigenvalue weighted by molar-refractivity contribution is 6.74. The molecule has 4 rings (SSSR count). The zero-order chi connectivity index (χ0) is 31.2. The van der Waals surface area contributed by atoms with Crippen LogP contribution in [0.4, 0.5) is 0 Å². The molecule has 0 spiro atoms. The van der Waals surface area contributed by atoms with Gasteiger partial charge in [-0.3, -0.25) is 9.36 Å². The Morgan fingerprint density at radius 3 is 2.26 bits per heavy atom. The van der Waals surface area contributed by atoms with Gasteiger partial charge in [-0.1, -0.05) is 107 Å². The fourth-order valence-electron chi connectivity index (χ4n) is 5.12. The van der Waals surface area contributed by atoms with Crippen LogP contribution < -0.4 is 5.56 Å². The molecule has 224 valence electrons. The van der Waals surface area contributed by atoms with Crippen LogP contribution in [0.2, 0.25) is 18.1 Å². The molecule has 0 aliphatic rings. The third-order valence-corrected chi connectivity index (χ3v) is 13.2. The monoisotopic (exact) mass is 591 g/mol. The maximum atomic E-state index is 14.3. The van der Waals surface area contributed by atoms with E-state index in [1.807, 2.05) is 66.1 Å². The molecule has 1 unspecified atom stereocenters. The van der Waals surface area contributed by atoms with E-state index in [-0.39, 0.29) is 16.7 Å². The van der Waals surface area contributed by atoms with Gasteiger partial charge in [-0.2, -0.15) is 5.26 Å². The summed E-state index contributed by atoms with van der Waals surface area (Å²) in [6.07, 6.45) is 3.04. The second-order valence-electron chi connectivity index (χ2n) is 12.9. The van der Waals surface area contributed by atoms with Crippen molar-refractivity contribution in [2.75, 3.05) is 0 Å². The van der Waals surface area contributed by atoms with E-state index in [1.54, 1.807) is 0 Å². The number of nitrogens with zero attached hydrogens (tertiary/aromatic N) is 3. The smallest absolute Gasteiger partial charge is 0.257 e. The van der Waals surface area contributed by atoms with Gasteiger partial charge in [-0.15, -0.1) is 0 Å². The Hall–Kier alpha value is -3.79. The van der Waals surface area contributed by atoms with Crippen molar-refractivity contribution in [2.24, 2.45) is 0 Å². The molecule has 1 aromatic heterocycles. The lowest BCUT2D eigenvalue weighted by Crippen LogP contribution is -2.43. The predicted octanol–water partition coefficient (Wildman–Crippen LogP) is 8.79. The van der Waals surface area contributed by atoms with Crippen LogP contribution in [0.5, 0.6) is 0 Å². The van der Waals surface area contributed by atoms with E-state index in [0.29, 0.717) is 18.5 Å². The Bertz CT molecular complexity index is 1630. The molecule has 4 aromatic rings. The minimum atomic E-state index is -2.14. The van der Waals surface area contributed by atoms with E-state index in [2.05, 4.69) is 71.1 Å². The van der Waals surface area contributed by atoms with Crippen LogP contribution in [0.3, 0.4) is 0 Å². The molecule has 0 amide bonds. The summed E-state index contributed by atoms with van der Waals surface area (Å²) in [5.74, 6) is 0.725. The maximum Gasteiger partial charge on any atom is 0.257 e. The fourth-order valence-corrected chi connectivity index (χ4v) is 6.39. The largest absolute Gasteiger partial charge is 0.408 e. The number of unbranched alkanes of at least 4 members (excludes halogenated alkanes) is 1. The van der Waals surface area contributed by atoms with E-state index < -0.39 is 8.32 Å². The van der Waals surface area contributed by atoms with Gasteiger partial charge in [-0.05, 0) is 66.2 Å². The minimum absolute atomic E-state index is 0.0114. The van der Waals surface area contributed by atoms with Crippen LogP contribution in [-0.4, -0.2) is 17.9 Å². The number of aryl methyl sites for hydroxylation is 2. The van der Waals surface area contributed by atoms with Crippen molar-refractivity contribution < 1.29 is 4.43 Å². The van der Waals surface area contributed by atoms with Gasteiger partial charge < -0.3 is 4.43 Å². The van der Waals surface area contributed by atoms with E-state index in [9.17, 15) is 10.1 Å². The minimum Gasteiger partial charge on any atom is -0.408 e. The number of nitriles is 1. The van der Waals surface area contributed by atoms with Crippen molar-refractivity contribution >= 4 is 8.32 Å². The third-order valence-electron chi connectivity index (χ3n) is 8.76. The van der Waals surface area contributed by atoms with Gasteiger partial charge in [0.05, 0.1) is 30.0 Å². The van der Waals surface area contributed by atoms with Gasteiger partial charge in [0, 0.05) is 12.0 Å². The lowest BCUT2D eigenvalue weighted by atomic mass is 9.96. The molecule has 0 radical (unpaired) electrons. The van der Waals surface area contributed by atoms with Crippen LogP contribution in [0.1, 0.15) is 80.4 Å². The third kappa shape index (κ3) is 7.60. The standard InChI is InChI=1S/C37H45N3O2Si/c1-8-9-19-34-33(24-28-20-22-29(23-21-28)32-18-14-13-17-31(32)25-38)36(41)40(27(2)39-34)26-35(30-15-11-10-12-16-30)42-43(6,7)37(3,4)5/h10-18,20-23,35H,8-9,19,24,26H2,1-7H3. The van der Waals surface area contributed by atoms with Crippen LogP contribution >= 0.6 is 0 Å². The summed E-state index contributed by atoms with van der Waals surface area (Å²) in [6.45, 7) is 15.8. The topological polar surface area (TPSA) is 67.9 Å². The molecule has 1 heterocycles. The van der Waals surface area contributed by atoms with Gasteiger partial charge in [0.25, 0.3) is 5.56 Å². The first-order valence-electron chi connectivity index (χ1n) is 15.4. The molecule has 0 bridgehead atoms. The Balaban J connectivity index is 1.73. The van der Waals surface area contributed by atoms with Crippen molar-refractivity contribution in [2.45, 2.75) is 91.1 Å². The van der Waals surface area contributed by atoms with Gasteiger partial charge in [0.15, 0.2) is 8.32 Å². The first-order chi connectivity index (χ1) is 20.4. The van der Waals surface area contributed by atoms with E-state index in [4.69, 9.17) is 9.41 Å². The van der Waals surface area contributed by atoms with Gasteiger partial charge in [-0.25, -0.2) is 4.98 Å². The molecule has 0 N–H and O–H groups in total. The molecule has 0 aliphatic heterocycles. The van der Waals surface area contributed by atoms with Gasteiger partial charge >= 0.3 is 0 Å². The highest BCUT2D eigenvalue weighted by Gasteiger charge is 2.39. The van der Waals surface area contributed by atoms with Gasteiger partial charge in [0.2, 0.25) is 0 Å². The number of rotatable bonds is 11. The SMILES string of the molecule is CCCCc1nc(C)n(CC(O[Si](C)(C)C(C)(C)C)c2ccccc2)c(=O)c1Cc1ccc(-c2ccccc2C#N)cc1. The Labute approximate surface area is 258 Å². The lowest BCUT2D eigenvalue weighted by Gasteiger charge is -2.39. The summed E-state index contributed by atoms with van der Waals surface area (Å²) in [5, 5.41) is 9.58. The zero-order valence-electron chi connectivity index (χ0n) is 26.8. The molecule has 43 heavy (non-hydrogen) atoms. The molecule has 0 fully saturated rings. The summed E-state index contributed by atoms with van der Waals surface area (Å²) in [7, 11) is -2.14. The Morgan fingerprint density at radius 2 is 1.63 bits per heavy atom. The molecular formula is C37H45N3O2Si. The van der Waals surface area contributed by atoms with Crippen molar-refractivity contribution in [3.63, 3.8) is 0 Å². The average Bonchev–Trinajstić information content (AvgIpc) is 2.99. The lowest BCUT2D eigenvalue weighted by molar-refractivity contribution is 0.160. The van der Waals surface area contributed by atoms with Crippen molar-refractivity contribution in [1.82, 2.24) is 9.55 Å². The number of hydrogen-bond donors (Lipinski definition) is 0. The molecule has 5 nitrogen and oxygen atoms in total. The second kappa shape index (κ2) is 13.7.